The van der Waals surface area contributed by atoms with Crippen LogP contribution in [0.3, 0.4) is 0 Å². The fourth-order valence-electron chi connectivity index (χ4n) is 8.01. The van der Waals surface area contributed by atoms with Crippen LogP contribution in [0, 0.1) is 0 Å². The van der Waals surface area contributed by atoms with Crippen LogP contribution in [-0.2, 0) is 56.0 Å². The Morgan fingerprint density at radius 1 is 0.743 bits per heavy atom. The highest BCUT2D eigenvalue weighted by molar-refractivity contribution is 5.99. The van der Waals surface area contributed by atoms with E-state index in [1.165, 1.54) is 13.8 Å². The number of aliphatic hydroxyl groups excluding tert-OH is 1. The van der Waals surface area contributed by atoms with Crippen molar-refractivity contribution in [3.63, 3.8) is 0 Å². The molecule has 1 aromatic heterocycles. The van der Waals surface area contributed by atoms with Crippen molar-refractivity contribution in [3.8, 4) is 0 Å². The van der Waals surface area contributed by atoms with Crippen LogP contribution in [0.5, 0.6) is 0 Å². The van der Waals surface area contributed by atoms with Gasteiger partial charge in [0, 0.05) is 56.5 Å². The van der Waals surface area contributed by atoms with Gasteiger partial charge in [-0.1, -0.05) is 48.5 Å². The lowest BCUT2D eigenvalue weighted by Gasteiger charge is -2.28. The molecule has 0 unspecified atom stereocenters. The molecule has 4 rings (SSSR count). The van der Waals surface area contributed by atoms with E-state index in [1.807, 2.05) is 6.07 Å². The average molecular weight is 1030 g/mol. The lowest BCUT2D eigenvalue weighted by molar-refractivity contribution is -0.142. The number of carbonyl (C=O) groups is 9. The second kappa shape index (κ2) is 29.3. The van der Waals surface area contributed by atoms with Crippen LogP contribution in [0.2, 0.25) is 0 Å². The van der Waals surface area contributed by atoms with Gasteiger partial charge >= 0.3 is 5.97 Å². The minimum atomic E-state index is -1.81. The summed E-state index contributed by atoms with van der Waals surface area (Å²) in [6.45, 7) is 2.41. The molecule has 1 fully saturated rings. The number of guanidine groups is 2. The van der Waals surface area contributed by atoms with Crippen molar-refractivity contribution in [1.29, 1.82) is 0 Å². The number of aliphatic hydroxyl groups is 1. The Labute approximate surface area is 426 Å². The summed E-state index contributed by atoms with van der Waals surface area (Å²) in [7, 11) is 0. The Hall–Kier alpha value is -8.29. The van der Waals surface area contributed by atoms with Crippen LogP contribution in [0.4, 0.5) is 0 Å². The molecule has 0 saturated carbocycles. The average Bonchev–Trinajstić information content (AvgIpc) is 3.75. The molecule has 26 heteroatoms. The number of aromatic nitrogens is 1. The molecule has 8 atom stereocenters. The zero-order valence-corrected chi connectivity index (χ0v) is 41.4. The molecule has 1 aliphatic heterocycles. The zero-order valence-electron chi connectivity index (χ0n) is 41.4. The molecule has 0 bridgehead atoms. The highest BCUT2D eigenvalue weighted by Crippen LogP contribution is 2.20. The first-order chi connectivity index (χ1) is 35.2. The van der Waals surface area contributed by atoms with Gasteiger partial charge in [-0.05, 0) is 69.1 Å². The lowest BCUT2D eigenvalue weighted by atomic mass is 10.0. The topological polar surface area (TPSA) is 435 Å². The number of aromatic amines is 1. The summed E-state index contributed by atoms with van der Waals surface area (Å²) in [5.41, 5.74) is 23.8. The van der Waals surface area contributed by atoms with Crippen molar-refractivity contribution in [2.45, 2.75) is 126 Å². The summed E-state index contributed by atoms with van der Waals surface area (Å²) in [5.74, 6) is -8.88. The largest absolute Gasteiger partial charge is 0.480 e. The van der Waals surface area contributed by atoms with Gasteiger partial charge in [0.15, 0.2) is 11.9 Å². The van der Waals surface area contributed by atoms with Crippen LogP contribution < -0.4 is 65.5 Å². The molecule has 0 aliphatic carbocycles. The van der Waals surface area contributed by atoms with E-state index >= 15 is 0 Å². The van der Waals surface area contributed by atoms with Gasteiger partial charge in [0.1, 0.15) is 42.3 Å². The van der Waals surface area contributed by atoms with Crippen LogP contribution in [-0.4, -0.2) is 148 Å². The van der Waals surface area contributed by atoms with E-state index in [-0.39, 0.29) is 89.3 Å². The SMILES string of the molecule is CC(=O)N[C@@H](CCCN=C(N)N)C(=O)N[C@H]1CC(=O)NCCCC[C@@H](C(=O)O)NC(=O)[C@H](Cc2c[nH]c3ccccc23)NC(=O)[C@H](CCCN=C(N)N)NC(=O)[C@@H](Cc2ccccc2)NC(=O)[C@H]([C@@H](C)O)NC1=O. The number of hydrogen-bond donors (Lipinski definition) is 15. The maximum absolute atomic E-state index is 14.5. The highest BCUT2D eigenvalue weighted by Gasteiger charge is 2.36. The number of nitrogens with one attached hydrogen (secondary N) is 9. The molecule has 2 heterocycles. The summed E-state index contributed by atoms with van der Waals surface area (Å²) < 4.78 is 0. The Kier molecular flexibility index (Phi) is 23.1. The Morgan fingerprint density at radius 3 is 2.01 bits per heavy atom. The first-order valence-electron chi connectivity index (χ1n) is 24.2. The number of carboxylic acids is 1. The lowest BCUT2D eigenvalue weighted by Crippen LogP contribution is -2.62. The molecule has 1 aliphatic rings. The number of nitrogens with zero attached hydrogens (tertiary/aromatic N) is 2. The predicted octanol–water partition coefficient (Wildman–Crippen LogP) is -3.37. The van der Waals surface area contributed by atoms with Crippen LogP contribution in [0.25, 0.3) is 10.9 Å². The summed E-state index contributed by atoms with van der Waals surface area (Å²) in [6, 6.07) is 5.08. The number of fused-ring (bicyclic) bond motifs is 1. The van der Waals surface area contributed by atoms with Crippen LogP contribution in [0.1, 0.15) is 76.3 Å². The normalized spacial score (nSPS) is 21.7. The van der Waals surface area contributed by atoms with Gasteiger partial charge in [-0.3, -0.25) is 48.3 Å². The molecule has 74 heavy (non-hydrogen) atoms. The smallest absolute Gasteiger partial charge is 0.326 e. The predicted molar refractivity (Wildman–Crippen MR) is 272 cm³/mol. The van der Waals surface area contributed by atoms with Gasteiger partial charge in [-0.15, -0.1) is 0 Å². The van der Waals surface area contributed by atoms with Crippen molar-refractivity contribution in [1.82, 2.24) is 47.5 Å². The standard InChI is InChI=1S/C48H69N15O11/c1-26(64)39-45(72)62-35(22-28-12-4-3-5-13-28)42(69)58-33(18-11-21-55-48(51)52)41(68)60-36(23-29-25-56-31-15-7-6-14-30(29)31)43(70)59-34(46(73)74)16-8-9-19-53-38(66)24-37(44(71)63-39)61-40(67)32(57-27(2)65)17-10-20-54-47(49)50/h3-7,12-15,25-26,32-37,39,56,64H,8-11,16-24H2,1-2H3,(H,53,66)(H,57,65)(H,58,69)(H,59,70)(H,60,68)(H,61,67)(H,62,72)(H,63,71)(H,73,74)(H4,49,50,54)(H4,51,52,55)/t26-,32+,33+,34+,35-,36+,37+,39+/m1/s1. The molecule has 0 radical (unpaired) electrons. The van der Waals surface area contributed by atoms with E-state index in [0.29, 0.717) is 11.1 Å². The van der Waals surface area contributed by atoms with Gasteiger partial charge in [0.05, 0.1) is 12.5 Å². The van der Waals surface area contributed by atoms with E-state index in [2.05, 4.69) is 57.5 Å². The maximum atomic E-state index is 14.5. The van der Waals surface area contributed by atoms with Gasteiger partial charge < -0.3 is 80.7 Å². The second-order valence-corrected chi connectivity index (χ2v) is 17.8. The van der Waals surface area contributed by atoms with Gasteiger partial charge in [0.2, 0.25) is 47.3 Å². The number of aliphatic carboxylic acids is 1. The summed E-state index contributed by atoms with van der Waals surface area (Å²) in [4.78, 5) is 134. The molecule has 2 aromatic carbocycles. The number of carbonyl (C=O) groups excluding carboxylic acids is 8. The molecule has 3 aromatic rings. The van der Waals surface area contributed by atoms with E-state index < -0.39 is 108 Å². The molecular weight excluding hydrogens is 963 g/mol. The number of nitrogens with two attached hydrogens (primary N) is 4. The van der Waals surface area contributed by atoms with Gasteiger partial charge in [-0.2, -0.15) is 0 Å². The number of H-pyrrole nitrogens is 1. The van der Waals surface area contributed by atoms with E-state index in [1.54, 1.807) is 54.7 Å². The minimum absolute atomic E-state index is 0.00632. The summed E-state index contributed by atoms with van der Waals surface area (Å²) in [6.07, 6.45) is -0.588. The number of hydrogen-bond acceptors (Lipinski definition) is 12. The number of amides is 8. The van der Waals surface area contributed by atoms with Crippen molar-refractivity contribution >= 4 is 76.0 Å². The van der Waals surface area contributed by atoms with E-state index in [4.69, 9.17) is 22.9 Å². The number of carboxylic acid groups (broad SMARTS) is 1. The highest BCUT2D eigenvalue weighted by atomic mass is 16.4. The van der Waals surface area contributed by atoms with E-state index in [0.717, 1.165) is 10.9 Å². The minimum Gasteiger partial charge on any atom is -0.480 e. The molecule has 0 spiro atoms. The van der Waals surface area contributed by atoms with Crippen molar-refractivity contribution in [2.75, 3.05) is 19.6 Å². The van der Waals surface area contributed by atoms with Crippen molar-refractivity contribution < 1.29 is 53.4 Å². The molecule has 1 saturated heterocycles. The molecular formula is C48H69N15O11. The molecule has 8 amide bonds. The molecule has 19 N–H and O–H groups in total. The number of aliphatic imine (C=N–C) groups is 2. The summed E-state index contributed by atoms with van der Waals surface area (Å²) >= 11 is 0. The quantitative estimate of drug-likeness (QED) is 0.0357. The zero-order chi connectivity index (χ0) is 54.3. The fourth-order valence-corrected chi connectivity index (χ4v) is 8.01. The monoisotopic (exact) mass is 1030 g/mol. The van der Waals surface area contributed by atoms with Crippen molar-refractivity contribution in [2.24, 2.45) is 32.9 Å². The first-order valence-corrected chi connectivity index (χ1v) is 24.2. The number of para-hydroxylation sites is 1. The third-order valence-electron chi connectivity index (χ3n) is 11.8. The van der Waals surface area contributed by atoms with Gasteiger partial charge in [-0.25, -0.2) is 4.79 Å². The van der Waals surface area contributed by atoms with Crippen LogP contribution >= 0.6 is 0 Å². The summed E-state index contributed by atoms with van der Waals surface area (Å²) in [5, 5.41) is 42.4. The third-order valence-corrected chi connectivity index (χ3v) is 11.8. The fraction of sp³-hybridized carbons (Fsp3) is 0.479. The maximum Gasteiger partial charge on any atom is 0.326 e. The Balaban J connectivity index is 1.76. The first kappa shape index (κ1) is 58.3. The second-order valence-electron chi connectivity index (χ2n) is 17.8. The molecule has 26 nitrogen and oxygen atoms in total. The Bertz CT molecular complexity index is 2490. The van der Waals surface area contributed by atoms with E-state index in [9.17, 15) is 53.4 Å². The third kappa shape index (κ3) is 19.4. The van der Waals surface area contributed by atoms with Crippen LogP contribution in [0.15, 0.2) is 70.8 Å². The molecule has 402 valence electrons. The van der Waals surface area contributed by atoms with Crippen molar-refractivity contribution in [3.05, 3.63) is 71.9 Å². The Morgan fingerprint density at radius 2 is 1.35 bits per heavy atom. The van der Waals surface area contributed by atoms with Gasteiger partial charge in [0.25, 0.3) is 0 Å². The number of rotatable bonds is 17. The number of benzene rings is 2.